The zero-order valence-corrected chi connectivity index (χ0v) is 8.55. The molecule has 1 N–H and O–H groups in total. The molecule has 1 rings (SSSR count). The van der Waals surface area contributed by atoms with Crippen LogP contribution < -0.4 is 0 Å². The van der Waals surface area contributed by atoms with Gasteiger partial charge in [0.1, 0.15) is 0 Å². The Hall–Kier alpha value is -0.480. The average Bonchev–Trinajstić information content (AvgIpc) is 2.54. The van der Waals surface area contributed by atoms with Crippen molar-refractivity contribution in [2.75, 3.05) is 0 Å². The molecule has 1 heteroatoms. The second kappa shape index (κ2) is 4.67. The van der Waals surface area contributed by atoms with E-state index in [1.165, 1.54) is 25.7 Å². The van der Waals surface area contributed by atoms with Crippen LogP contribution >= 0.6 is 0 Å². The maximum Gasteiger partial charge on any atom is 0.0594 e. The first kappa shape index (κ1) is 10.6. The summed E-state index contributed by atoms with van der Waals surface area (Å²) >= 11 is 0. The van der Waals surface area contributed by atoms with Crippen molar-refractivity contribution in [2.45, 2.75) is 58.0 Å². The molecule has 0 bridgehead atoms. The number of unbranched alkanes of at least 4 members (excludes halogenated alkanes) is 1. The Balaban J connectivity index is 2.29. The van der Waals surface area contributed by atoms with Gasteiger partial charge in [0.05, 0.1) is 6.10 Å². The third-order valence-electron chi connectivity index (χ3n) is 3.35. The lowest BCUT2D eigenvalue weighted by atomic mass is 9.80. The van der Waals surface area contributed by atoms with Crippen LogP contribution in [0.1, 0.15) is 51.9 Å². The standard InChI is InChI=1S/C12H20O/c1-3-4-5-8-11(13)12(2)9-6-7-10-12/h1,11,13H,4-10H2,2H3. The zero-order valence-electron chi connectivity index (χ0n) is 8.55. The highest BCUT2D eigenvalue weighted by molar-refractivity contribution is 4.88. The lowest BCUT2D eigenvalue weighted by Crippen LogP contribution is -2.29. The summed E-state index contributed by atoms with van der Waals surface area (Å²) in [6.07, 6.45) is 12.6. The number of aliphatic hydroxyl groups is 1. The van der Waals surface area contributed by atoms with Gasteiger partial charge >= 0.3 is 0 Å². The Kier molecular flexibility index (Phi) is 3.81. The summed E-state index contributed by atoms with van der Waals surface area (Å²) < 4.78 is 0. The largest absolute Gasteiger partial charge is 0.393 e. The Labute approximate surface area is 81.5 Å². The van der Waals surface area contributed by atoms with Crippen LogP contribution in [0, 0.1) is 17.8 Å². The molecule has 74 valence electrons. The monoisotopic (exact) mass is 180 g/mol. The number of terminal acetylenes is 1. The molecule has 1 saturated carbocycles. The minimum Gasteiger partial charge on any atom is -0.393 e. The van der Waals surface area contributed by atoms with Crippen molar-refractivity contribution in [1.29, 1.82) is 0 Å². The smallest absolute Gasteiger partial charge is 0.0594 e. The van der Waals surface area contributed by atoms with Gasteiger partial charge < -0.3 is 5.11 Å². The summed E-state index contributed by atoms with van der Waals surface area (Å²) in [5.74, 6) is 2.62. The predicted octanol–water partition coefficient (Wildman–Crippen LogP) is 2.73. The van der Waals surface area contributed by atoms with Gasteiger partial charge in [0.2, 0.25) is 0 Å². The van der Waals surface area contributed by atoms with Crippen LogP contribution in [0.2, 0.25) is 0 Å². The van der Waals surface area contributed by atoms with Crippen molar-refractivity contribution in [1.82, 2.24) is 0 Å². The summed E-state index contributed by atoms with van der Waals surface area (Å²) in [6, 6.07) is 0. The Morgan fingerprint density at radius 2 is 2.08 bits per heavy atom. The van der Waals surface area contributed by atoms with Gasteiger partial charge in [-0.3, -0.25) is 0 Å². The second-order valence-corrected chi connectivity index (χ2v) is 4.47. The molecule has 1 fully saturated rings. The molecule has 0 aromatic heterocycles. The first-order valence-electron chi connectivity index (χ1n) is 5.30. The molecule has 0 aliphatic heterocycles. The molecule has 1 aliphatic carbocycles. The van der Waals surface area contributed by atoms with Crippen molar-refractivity contribution in [3.63, 3.8) is 0 Å². The molecule has 1 aliphatic rings. The van der Waals surface area contributed by atoms with Gasteiger partial charge in [-0.25, -0.2) is 0 Å². The fourth-order valence-corrected chi connectivity index (χ4v) is 2.26. The molecule has 1 nitrogen and oxygen atoms in total. The number of hydrogen-bond acceptors (Lipinski definition) is 1. The van der Waals surface area contributed by atoms with Crippen molar-refractivity contribution in [3.05, 3.63) is 0 Å². The molecule has 0 radical (unpaired) electrons. The highest BCUT2D eigenvalue weighted by Gasteiger charge is 2.35. The van der Waals surface area contributed by atoms with E-state index in [1.54, 1.807) is 0 Å². The Bertz CT molecular complexity index is 184. The first-order valence-corrected chi connectivity index (χ1v) is 5.30. The van der Waals surface area contributed by atoms with Gasteiger partial charge in [0.15, 0.2) is 0 Å². The molecule has 0 spiro atoms. The average molecular weight is 180 g/mol. The Morgan fingerprint density at radius 3 is 2.62 bits per heavy atom. The molecule has 1 unspecified atom stereocenters. The van der Waals surface area contributed by atoms with Crippen molar-refractivity contribution in [2.24, 2.45) is 5.41 Å². The van der Waals surface area contributed by atoms with E-state index >= 15 is 0 Å². The lowest BCUT2D eigenvalue weighted by molar-refractivity contribution is 0.0339. The van der Waals surface area contributed by atoms with Crippen LogP contribution in [0.4, 0.5) is 0 Å². The minimum absolute atomic E-state index is 0.136. The molecule has 0 heterocycles. The number of aliphatic hydroxyl groups excluding tert-OH is 1. The quantitative estimate of drug-likeness (QED) is 0.521. The SMILES string of the molecule is C#CCCCC(O)C1(C)CCCC1. The van der Waals surface area contributed by atoms with Crippen LogP contribution in [-0.2, 0) is 0 Å². The van der Waals surface area contributed by atoms with Gasteiger partial charge in [-0.2, -0.15) is 0 Å². The number of rotatable bonds is 4. The van der Waals surface area contributed by atoms with Crippen molar-refractivity contribution >= 4 is 0 Å². The van der Waals surface area contributed by atoms with E-state index in [1.807, 2.05) is 0 Å². The summed E-state index contributed by atoms with van der Waals surface area (Å²) in [4.78, 5) is 0. The molecule has 1 atom stereocenters. The van der Waals surface area contributed by atoms with E-state index < -0.39 is 0 Å². The van der Waals surface area contributed by atoms with Crippen molar-refractivity contribution < 1.29 is 5.11 Å². The summed E-state index contributed by atoms with van der Waals surface area (Å²) in [5.41, 5.74) is 0.189. The summed E-state index contributed by atoms with van der Waals surface area (Å²) in [5, 5.41) is 9.97. The van der Waals surface area contributed by atoms with E-state index in [9.17, 15) is 5.11 Å². The van der Waals surface area contributed by atoms with Gasteiger partial charge in [-0.1, -0.05) is 19.8 Å². The maximum absolute atomic E-state index is 9.97. The molecule has 0 aromatic carbocycles. The zero-order chi connectivity index (χ0) is 9.73. The van der Waals surface area contributed by atoms with Crippen LogP contribution in [-0.4, -0.2) is 11.2 Å². The topological polar surface area (TPSA) is 20.2 Å². The predicted molar refractivity (Wildman–Crippen MR) is 55.3 cm³/mol. The molecular weight excluding hydrogens is 160 g/mol. The van der Waals surface area contributed by atoms with E-state index in [4.69, 9.17) is 6.42 Å². The van der Waals surface area contributed by atoms with E-state index in [2.05, 4.69) is 12.8 Å². The van der Waals surface area contributed by atoms with Crippen LogP contribution in [0.25, 0.3) is 0 Å². The lowest BCUT2D eigenvalue weighted by Gasteiger charge is -2.29. The fourth-order valence-electron chi connectivity index (χ4n) is 2.26. The van der Waals surface area contributed by atoms with E-state index in [0.717, 1.165) is 19.3 Å². The molecule has 13 heavy (non-hydrogen) atoms. The molecular formula is C12H20O. The van der Waals surface area contributed by atoms with Gasteiger partial charge in [0, 0.05) is 6.42 Å². The molecule has 0 amide bonds. The normalized spacial score (nSPS) is 22.5. The minimum atomic E-state index is -0.136. The maximum atomic E-state index is 9.97. The third-order valence-corrected chi connectivity index (χ3v) is 3.35. The third kappa shape index (κ3) is 2.74. The first-order chi connectivity index (χ1) is 6.19. The van der Waals surface area contributed by atoms with Crippen LogP contribution in [0.15, 0.2) is 0 Å². The van der Waals surface area contributed by atoms with Gasteiger partial charge in [-0.05, 0) is 31.1 Å². The number of hydrogen-bond donors (Lipinski definition) is 1. The van der Waals surface area contributed by atoms with E-state index in [0.29, 0.717) is 0 Å². The highest BCUT2D eigenvalue weighted by atomic mass is 16.3. The van der Waals surface area contributed by atoms with Gasteiger partial charge in [-0.15, -0.1) is 12.3 Å². The van der Waals surface area contributed by atoms with Crippen LogP contribution in [0.3, 0.4) is 0 Å². The molecule has 0 saturated heterocycles. The summed E-state index contributed by atoms with van der Waals surface area (Å²) in [7, 11) is 0. The fraction of sp³-hybridized carbons (Fsp3) is 0.833. The highest BCUT2D eigenvalue weighted by Crippen LogP contribution is 2.41. The Morgan fingerprint density at radius 1 is 1.46 bits per heavy atom. The second-order valence-electron chi connectivity index (χ2n) is 4.47. The van der Waals surface area contributed by atoms with Gasteiger partial charge in [0.25, 0.3) is 0 Å². The van der Waals surface area contributed by atoms with Crippen molar-refractivity contribution in [3.8, 4) is 12.3 Å². The molecule has 0 aromatic rings. The van der Waals surface area contributed by atoms with E-state index in [-0.39, 0.29) is 11.5 Å². The summed E-state index contributed by atoms with van der Waals surface area (Å²) in [6.45, 7) is 2.21. The van der Waals surface area contributed by atoms with Crippen LogP contribution in [0.5, 0.6) is 0 Å².